The Morgan fingerprint density at radius 2 is 1.89 bits per heavy atom. The number of benzene rings is 2. The van der Waals surface area contributed by atoms with Gasteiger partial charge in [0.05, 0.1) is 30.4 Å². The molecule has 3 aromatic rings. The van der Waals surface area contributed by atoms with Crippen molar-refractivity contribution in [1.29, 1.82) is 0 Å². The van der Waals surface area contributed by atoms with Gasteiger partial charge < -0.3 is 9.64 Å². The molecular weight excluding hydrogens is 342 g/mol. The number of hydrogen-bond acceptors (Lipinski definition) is 4. The number of ether oxygens (including phenoxy) is 1. The molecule has 6 heteroatoms. The van der Waals surface area contributed by atoms with Crippen LogP contribution in [-0.2, 0) is 16.1 Å². The largest absolute Gasteiger partial charge is 0.370 e. The number of morpholine rings is 1. The Morgan fingerprint density at radius 3 is 2.74 bits per heavy atom. The van der Waals surface area contributed by atoms with Gasteiger partial charge in [0.15, 0.2) is 0 Å². The van der Waals surface area contributed by atoms with Crippen LogP contribution >= 0.6 is 0 Å². The molecule has 2 aromatic carbocycles. The highest BCUT2D eigenvalue weighted by atomic mass is 16.5. The first kappa shape index (κ1) is 17.4. The van der Waals surface area contributed by atoms with E-state index in [0.717, 1.165) is 5.56 Å². The predicted octanol–water partition coefficient (Wildman–Crippen LogP) is 2.39. The topological polar surface area (TPSA) is 64.4 Å². The van der Waals surface area contributed by atoms with Gasteiger partial charge in [0, 0.05) is 19.5 Å². The molecule has 0 aliphatic carbocycles. The molecule has 1 fully saturated rings. The van der Waals surface area contributed by atoms with E-state index in [9.17, 15) is 9.59 Å². The van der Waals surface area contributed by atoms with Gasteiger partial charge in [-0.25, -0.2) is 4.98 Å². The van der Waals surface area contributed by atoms with E-state index >= 15 is 0 Å². The Labute approximate surface area is 157 Å². The van der Waals surface area contributed by atoms with Crippen molar-refractivity contribution in [1.82, 2.24) is 14.5 Å². The minimum atomic E-state index is -0.113. The Balaban J connectivity index is 1.42. The molecule has 0 N–H and O–H groups in total. The first-order valence-electron chi connectivity index (χ1n) is 9.11. The van der Waals surface area contributed by atoms with Crippen molar-refractivity contribution in [3.05, 3.63) is 76.8 Å². The zero-order valence-corrected chi connectivity index (χ0v) is 15.0. The van der Waals surface area contributed by atoms with E-state index in [-0.39, 0.29) is 24.0 Å². The molecule has 1 saturated heterocycles. The van der Waals surface area contributed by atoms with Crippen molar-refractivity contribution in [3.63, 3.8) is 0 Å². The molecule has 0 radical (unpaired) electrons. The van der Waals surface area contributed by atoms with E-state index in [1.807, 2.05) is 53.4 Å². The molecule has 138 valence electrons. The molecule has 6 nitrogen and oxygen atoms in total. The van der Waals surface area contributed by atoms with E-state index in [1.165, 1.54) is 10.9 Å². The SMILES string of the molecule is O=C(CCn1cnc2ccccc2c1=O)N1CCOC(c2ccccc2)C1. The van der Waals surface area contributed by atoms with E-state index in [4.69, 9.17) is 4.74 Å². The van der Waals surface area contributed by atoms with Crippen LogP contribution in [-0.4, -0.2) is 40.1 Å². The van der Waals surface area contributed by atoms with Crippen molar-refractivity contribution >= 4 is 16.8 Å². The third kappa shape index (κ3) is 3.75. The van der Waals surface area contributed by atoms with Crippen LogP contribution in [0.15, 0.2) is 65.7 Å². The Bertz CT molecular complexity index is 1000. The third-order valence-electron chi connectivity index (χ3n) is 4.89. The molecule has 1 aromatic heterocycles. The lowest BCUT2D eigenvalue weighted by Gasteiger charge is -2.33. The van der Waals surface area contributed by atoms with Gasteiger partial charge in [-0.2, -0.15) is 0 Å². The Morgan fingerprint density at radius 1 is 1.11 bits per heavy atom. The van der Waals surface area contributed by atoms with Gasteiger partial charge in [-0.05, 0) is 17.7 Å². The average Bonchev–Trinajstić information content (AvgIpc) is 2.74. The molecule has 27 heavy (non-hydrogen) atoms. The molecule has 1 unspecified atom stereocenters. The van der Waals surface area contributed by atoms with E-state index in [1.54, 1.807) is 6.07 Å². The lowest BCUT2D eigenvalue weighted by Crippen LogP contribution is -2.42. The summed E-state index contributed by atoms with van der Waals surface area (Å²) in [5, 5.41) is 0.572. The van der Waals surface area contributed by atoms with Crippen molar-refractivity contribution in [2.75, 3.05) is 19.7 Å². The van der Waals surface area contributed by atoms with Crippen LogP contribution in [0.25, 0.3) is 10.9 Å². The van der Waals surface area contributed by atoms with Crippen LogP contribution in [0.4, 0.5) is 0 Å². The number of amides is 1. The summed E-state index contributed by atoms with van der Waals surface area (Å²) in [5.74, 6) is 0.0271. The Kier molecular flexibility index (Phi) is 4.98. The number of aromatic nitrogens is 2. The monoisotopic (exact) mass is 363 g/mol. The van der Waals surface area contributed by atoms with Gasteiger partial charge in [-0.1, -0.05) is 42.5 Å². The first-order chi connectivity index (χ1) is 13.2. The van der Waals surface area contributed by atoms with Crippen molar-refractivity contribution in [2.24, 2.45) is 0 Å². The van der Waals surface area contributed by atoms with E-state index < -0.39 is 0 Å². The zero-order valence-electron chi connectivity index (χ0n) is 15.0. The molecule has 2 heterocycles. The minimum Gasteiger partial charge on any atom is -0.370 e. The maximum absolute atomic E-state index is 12.7. The number of rotatable bonds is 4. The normalized spacial score (nSPS) is 17.2. The highest BCUT2D eigenvalue weighted by molar-refractivity contribution is 5.77. The number of carbonyl (C=O) groups is 1. The third-order valence-corrected chi connectivity index (χ3v) is 4.89. The summed E-state index contributed by atoms with van der Waals surface area (Å²) in [7, 11) is 0. The van der Waals surface area contributed by atoms with Gasteiger partial charge in [0.1, 0.15) is 6.10 Å². The van der Waals surface area contributed by atoms with Crippen molar-refractivity contribution < 1.29 is 9.53 Å². The highest BCUT2D eigenvalue weighted by Crippen LogP contribution is 2.22. The van der Waals surface area contributed by atoms with Gasteiger partial charge >= 0.3 is 0 Å². The molecule has 1 atom stereocenters. The van der Waals surface area contributed by atoms with Gasteiger partial charge in [-0.3, -0.25) is 14.2 Å². The maximum atomic E-state index is 12.7. The van der Waals surface area contributed by atoms with Crippen LogP contribution in [0.2, 0.25) is 0 Å². The summed E-state index contributed by atoms with van der Waals surface area (Å²) in [6.07, 6.45) is 1.68. The average molecular weight is 363 g/mol. The fraction of sp³-hybridized carbons (Fsp3) is 0.286. The number of nitrogens with zero attached hydrogens (tertiary/aromatic N) is 3. The van der Waals surface area contributed by atoms with Crippen LogP contribution < -0.4 is 5.56 Å². The van der Waals surface area contributed by atoms with E-state index in [0.29, 0.717) is 37.1 Å². The molecule has 1 aliphatic heterocycles. The molecule has 4 rings (SSSR count). The van der Waals surface area contributed by atoms with E-state index in [2.05, 4.69) is 4.98 Å². The Hall–Kier alpha value is -2.99. The fourth-order valence-electron chi connectivity index (χ4n) is 3.38. The fourth-order valence-corrected chi connectivity index (χ4v) is 3.38. The van der Waals surface area contributed by atoms with Crippen LogP contribution in [0.1, 0.15) is 18.1 Å². The molecule has 1 aliphatic rings. The molecule has 1 amide bonds. The standard InChI is InChI=1S/C21H21N3O3/c25-20(23-12-13-27-19(14-23)16-6-2-1-3-7-16)10-11-24-15-22-18-9-5-4-8-17(18)21(24)26/h1-9,15,19H,10-14H2. The molecule has 0 bridgehead atoms. The minimum absolute atomic E-state index is 0.0271. The molecule has 0 saturated carbocycles. The smallest absolute Gasteiger partial charge is 0.261 e. The van der Waals surface area contributed by atoms with Crippen LogP contribution in [0.3, 0.4) is 0 Å². The number of fused-ring (bicyclic) bond motifs is 1. The summed E-state index contributed by atoms with van der Waals surface area (Å²) >= 11 is 0. The number of carbonyl (C=O) groups excluding carboxylic acids is 1. The lowest BCUT2D eigenvalue weighted by atomic mass is 10.1. The number of para-hydroxylation sites is 1. The summed E-state index contributed by atoms with van der Waals surface area (Å²) in [5.41, 5.74) is 1.63. The second-order valence-corrected chi connectivity index (χ2v) is 6.62. The summed E-state index contributed by atoms with van der Waals surface area (Å²) in [4.78, 5) is 31.3. The lowest BCUT2D eigenvalue weighted by molar-refractivity contribution is -0.139. The predicted molar refractivity (Wildman–Crippen MR) is 102 cm³/mol. The van der Waals surface area contributed by atoms with Crippen LogP contribution in [0.5, 0.6) is 0 Å². The van der Waals surface area contributed by atoms with Gasteiger partial charge in [0.2, 0.25) is 5.91 Å². The quantitative estimate of drug-likeness (QED) is 0.714. The summed E-state index contributed by atoms with van der Waals surface area (Å²) in [6, 6.07) is 17.2. The molecular formula is C21H21N3O3. The highest BCUT2D eigenvalue weighted by Gasteiger charge is 2.25. The number of hydrogen-bond donors (Lipinski definition) is 0. The van der Waals surface area contributed by atoms with Crippen molar-refractivity contribution in [2.45, 2.75) is 19.1 Å². The second kappa shape index (κ2) is 7.72. The zero-order chi connectivity index (χ0) is 18.6. The van der Waals surface area contributed by atoms with Crippen molar-refractivity contribution in [3.8, 4) is 0 Å². The summed E-state index contributed by atoms with van der Waals surface area (Å²) < 4.78 is 7.32. The molecule has 0 spiro atoms. The van der Waals surface area contributed by atoms with Crippen LogP contribution in [0, 0.1) is 0 Å². The summed E-state index contributed by atoms with van der Waals surface area (Å²) in [6.45, 7) is 1.95. The van der Waals surface area contributed by atoms with Gasteiger partial charge in [-0.15, -0.1) is 0 Å². The number of aryl methyl sites for hydroxylation is 1. The maximum Gasteiger partial charge on any atom is 0.261 e. The van der Waals surface area contributed by atoms with Gasteiger partial charge in [0.25, 0.3) is 5.56 Å². The second-order valence-electron chi connectivity index (χ2n) is 6.62. The first-order valence-corrected chi connectivity index (χ1v) is 9.11.